The van der Waals surface area contributed by atoms with E-state index in [1.807, 2.05) is 0 Å². The summed E-state index contributed by atoms with van der Waals surface area (Å²) in [5, 5.41) is 4.31. The van der Waals surface area contributed by atoms with Gasteiger partial charge < -0.3 is 5.73 Å². The first-order valence-corrected chi connectivity index (χ1v) is 6.26. The summed E-state index contributed by atoms with van der Waals surface area (Å²) in [6.07, 6.45) is 3.25. The molecule has 3 rings (SSSR count). The maximum absolute atomic E-state index is 14.1. The van der Waals surface area contributed by atoms with Gasteiger partial charge in [0.2, 0.25) is 0 Å². The maximum atomic E-state index is 14.1. The van der Waals surface area contributed by atoms with E-state index in [1.165, 1.54) is 16.8 Å². The number of nitrogens with two attached hydrogens (primary N) is 1. The summed E-state index contributed by atoms with van der Waals surface area (Å²) in [6, 6.07) is 6.94. The largest absolute Gasteiger partial charge is 0.383 e. The van der Waals surface area contributed by atoms with E-state index in [9.17, 15) is 8.78 Å². The van der Waals surface area contributed by atoms with Gasteiger partial charge in [0.15, 0.2) is 0 Å². The van der Waals surface area contributed by atoms with Crippen LogP contribution in [0.4, 0.5) is 14.6 Å². The van der Waals surface area contributed by atoms with E-state index >= 15 is 0 Å². The number of aryl methyl sites for hydroxylation is 1. The third-order valence-electron chi connectivity index (χ3n) is 3.23. The number of nitrogen functional groups attached to an aromatic ring is 1. The second kappa shape index (κ2) is 4.97. The molecule has 0 aliphatic carbocycles. The standard InChI is InChI=1S/C15H12F2N4/c1-21-15(18)13(11-5-4-10(16)7-12(11)17)14(20-21)9-3-2-6-19-8-9/h2-8H,18H2,1H3. The lowest BCUT2D eigenvalue weighted by Crippen LogP contribution is -1.98. The summed E-state index contributed by atoms with van der Waals surface area (Å²) in [5.41, 5.74) is 7.86. The minimum atomic E-state index is -0.681. The predicted molar refractivity (Wildman–Crippen MR) is 76.2 cm³/mol. The van der Waals surface area contributed by atoms with Crippen molar-refractivity contribution in [3.05, 3.63) is 54.4 Å². The number of rotatable bonds is 2. The van der Waals surface area contributed by atoms with Crippen molar-refractivity contribution < 1.29 is 8.78 Å². The molecule has 0 bridgehead atoms. The van der Waals surface area contributed by atoms with Gasteiger partial charge in [-0.2, -0.15) is 5.10 Å². The van der Waals surface area contributed by atoms with Gasteiger partial charge in [-0.15, -0.1) is 0 Å². The van der Waals surface area contributed by atoms with Crippen molar-refractivity contribution in [1.29, 1.82) is 0 Å². The third-order valence-corrected chi connectivity index (χ3v) is 3.23. The summed E-state index contributed by atoms with van der Waals surface area (Å²) in [7, 11) is 1.67. The SMILES string of the molecule is Cn1nc(-c2cccnc2)c(-c2ccc(F)cc2F)c1N. The highest BCUT2D eigenvalue weighted by molar-refractivity contribution is 5.88. The summed E-state index contributed by atoms with van der Waals surface area (Å²) >= 11 is 0. The van der Waals surface area contributed by atoms with Gasteiger partial charge in [-0.3, -0.25) is 9.67 Å². The lowest BCUT2D eigenvalue weighted by molar-refractivity contribution is 0.585. The second-order valence-electron chi connectivity index (χ2n) is 4.60. The van der Waals surface area contributed by atoms with Crippen molar-refractivity contribution in [2.75, 3.05) is 5.73 Å². The molecule has 0 unspecified atom stereocenters. The van der Waals surface area contributed by atoms with Crippen LogP contribution in [0.1, 0.15) is 0 Å². The lowest BCUT2D eigenvalue weighted by Gasteiger charge is -2.06. The fraction of sp³-hybridized carbons (Fsp3) is 0.0667. The molecule has 6 heteroatoms. The molecule has 0 aliphatic heterocycles. The molecule has 0 amide bonds. The molecule has 106 valence electrons. The van der Waals surface area contributed by atoms with Crippen molar-refractivity contribution >= 4 is 5.82 Å². The Morgan fingerprint density at radius 3 is 2.67 bits per heavy atom. The van der Waals surface area contributed by atoms with Crippen LogP contribution in [-0.4, -0.2) is 14.8 Å². The van der Waals surface area contributed by atoms with Crippen LogP contribution in [0.3, 0.4) is 0 Å². The van der Waals surface area contributed by atoms with Crippen LogP contribution in [0.25, 0.3) is 22.4 Å². The predicted octanol–water partition coefficient (Wildman–Crippen LogP) is 3.01. The fourth-order valence-electron chi connectivity index (χ4n) is 2.20. The van der Waals surface area contributed by atoms with Gasteiger partial charge in [-0.25, -0.2) is 8.78 Å². The van der Waals surface area contributed by atoms with Crippen LogP contribution < -0.4 is 5.73 Å². The monoisotopic (exact) mass is 286 g/mol. The zero-order chi connectivity index (χ0) is 15.0. The molecule has 3 aromatic rings. The fourth-order valence-corrected chi connectivity index (χ4v) is 2.20. The third kappa shape index (κ3) is 2.24. The average Bonchev–Trinajstić information content (AvgIpc) is 2.76. The molecule has 1 aromatic carbocycles. The Morgan fingerprint density at radius 2 is 2.00 bits per heavy atom. The number of halogens is 2. The molecule has 0 aliphatic rings. The number of benzene rings is 1. The number of nitrogens with zero attached hydrogens (tertiary/aromatic N) is 3. The highest BCUT2D eigenvalue weighted by atomic mass is 19.1. The summed E-state index contributed by atoms with van der Waals surface area (Å²) in [4.78, 5) is 4.03. The van der Waals surface area contributed by atoms with Gasteiger partial charge >= 0.3 is 0 Å². The minimum absolute atomic E-state index is 0.209. The Kier molecular flexibility index (Phi) is 3.13. The van der Waals surface area contributed by atoms with E-state index < -0.39 is 11.6 Å². The quantitative estimate of drug-likeness (QED) is 0.788. The van der Waals surface area contributed by atoms with Crippen LogP contribution in [0.2, 0.25) is 0 Å². The Balaban J connectivity index is 2.27. The first kappa shape index (κ1) is 13.2. The maximum Gasteiger partial charge on any atom is 0.134 e. The highest BCUT2D eigenvalue weighted by Crippen LogP contribution is 2.36. The number of hydrogen-bond donors (Lipinski definition) is 1. The van der Waals surface area contributed by atoms with Gasteiger partial charge in [0.05, 0.1) is 5.56 Å². The zero-order valence-corrected chi connectivity index (χ0v) is 11.2. The zero-order valence-electron chi connectivity index (χ0n) is 11.2. The van der Waals surface area contributed by atoms with E-state index in [-0.39, 0.29) is 5.56 Å². The summed E-state index contributed by atoms with van der Waals surface area (Å²) in [6.45, 7) is 0. The topological polar surface area (TPSA) is 56.7 Å². The highest BCUT2D eigenvalue weighted by Gasteiger charge is 2.20. The summed E-state index contributed by atoms with van der Waals surface area (Å²) < 4.78 is 28.6. The van der Waals surface area contributed by atoms with E-state index in [0.29, 0.717) is 22.6 Å². The second-order valence-corrected chi connectivity index (χ2v) is 4.60. The van der Waals surface area contributed by atoms with E-state index in [4.69, 9.17) is 5.73 Å². The normalized spacial score (nSPS) is 10.8. The van der Waals surface area contributed by atoms with Gasteiger partial charge in [0.25, 0.3) is 0 Å². The van der Waals surface area contributed by atoms with Crippen molar-refractivity contribution in [3.8, 4) is 22.4 Å². The molecule has 2 heterocycles. The molecule has 0 radical (unpaired) electrons. The summed E-state index contributed by atoms with van der Waals surface area (Å²) in [5.74, 6) is -1.01. The van der Waals surface area contributed by atoms with Crippen molar-refractivity contribution in [2.24, 2.45) is 7.05 Å². The molecule has 0 spiro atoms. The van der Waals surface area contributed by atoms with E-state index in [2.05, 4.69) is 10.1 Å². The molecule has 2 aromatic heterocycles. The van der Waals surface area contributed by atoms with Crippen molar-refractivity contribution in [3.63, 3.8) is 0 Å². The van der Waals surface area contributed by atoms with Gasteiger partial charge in [0.1, 0.15) is 23.1 Å². The van der Waals surface area contributed by atoms with Crippen LogP contribution in [0.15, 0.2) is 42.7 Å². The molecule has 0 atom stereocenters. The van der Waals surface area contributed by atoms with E-state index in [0.717, 1.165) is 6.07 Å². The number of aromatic nitrogens is 3. The Hall–Kier alpha value is -2.76. The molecule has 4 nitrogen and oxygen atoms in total. The molecule has 21 heavy (non-hydrogen) atoms. The van der Waals surface area contributed by atoms with Gasteiger partial charge in [-0.1, -0.05) is 0 Å². The minimum Gasteiger partial charge on any atom is -0.383 e. The first-order chi connectivity index (χ1) is 10.1. The molecular formula is C15H12F2N4. The van der Waals surface area contributed by atoms with Gasteiger partial charge in [-0.05, 0) is 24.3 Å². The molecule has 0 saturated heterocycles. The van der Waals surface area contributed by atoms with Crippen LogP contribution >= 0.6 is 0 Å². The Labute approximate surface area is 119 Å². The number of pyridine rings is 1. The van der Waals surface area contributed by atoms with Gasteiger partial charge in [0, 0.05) is 36.6 Å². The Bertz CT molecular complexity index is 797. The Morgan fingerprint density at radius 1 is 1.19 bits per heavy atom. The van der Waals surface area contributed by atoms with Crippen molar-refractivity contribution in [2.45, 2.75) is 0 Å². The smallest absolute Gasteiger partial charge is 0.134 e. The van der Waals surface area contributed by atoms with E-state index in [1.54, 1.807) is 31.6 Å². The molecular weight excluding hydrogens is 274 g/mol. The van der Waals surface area contributed by atoms with Crippen LogP contribution in [0.5, 0.6) is 0 Å². The van der Waals surface area contributed by atoms with Crippen LogP contribution in [0, 0.1) is 11.6 Å². The number of anilines is 1. The first-order valence-electron chi connectivity index (χ1n) is 6.26. The van der Waals surface area contributed by atoms with Crippen molar-refractivity contribution in [1.82, 2.24) is 14.8 Å². The average molecular weight is 286 g/mol. The molecule has 2 N–H and O–H groups in total. The number of hydrogen-bond acceptors (Lipinski definition) is 3. The molecule has 0 fully saturated rings. The molecule has 0 saturated carbocycles. The van der Waals surface area contributed by atoms with Crippen LogP contribution in [-0.2, 0) is 7.05 Å². The lowest BCUT2D eigenvalue weighted by atomic mass is 10.0.